The molecule has 1 saturated heterocycles. The summed E-state index contributed by atoms with van der Waals surface area (Å²) in [5.41, 5.74) is 2.73. The summed E-state index contributed by atoms with van der Waals surface area (Å²) in [6, 6.07) is 12.0. The smallest absolute Gasteiger partial charge is 0.232 e. The van der Waals surface area contributed by atoms with E-state index in [1.54, 1.807) is 11.0 Å². The van der Waals surface area contributed by atoms with Crippen molar-refractivity contribution in [3.8, 4) is 11.4 Å². The van der Waals surface area contributed by atoms with Gasteiger partial charge in [0.1, 0.15) is 5.82 Å². The van der Waals surface area contributed by atoms with Crippen molar-refractivity contribution >= 4 is 17.5 Å². The van der Waals surface area contributed by atoms with Crippen LogP contribution in [-0.4, -0.2) is 27.5 Å². The van der Waals surface area contributed by atoms with Gasteiger partial charge >= 0.3 is 0 Å². The lowest BCUT2D eigenvalue weighted by atomic mass is 10.1. The lowest BCUT2D eigenvalue weighted by molar-refractivity contribution is -0.128. The maximum atomic E-state index is 13.2. The fourth-order valence-electron chi connectivity index (χ4n) is 3.17. The van der Waals surface area contributed by atoms with Gasteiger partial charge in [0.05, 0.1) is 5.92 Å². The Balaban J connectivity index is 1.48. The topological polar surface area (TPSA) is 59.2 Å². The molecule has 138 valence electrons. The van der Waals surface area contributed by atoms with E-state index in [1.807, 2.05) is 31.2 Å². The number of hydrogen-bond acceptors (Lipinski definition) is 4. The molecule has 0 bridgehead atoms. The largest absolute Gasteiger partial charge is 0.339 e. The molecule has 1 aliphatic heterocycles. The predicted molar refractivity (Wildman–Crippen MR) is 98.7 cm³/mol. The molecule has 1 atom stereocenters. The molecular weight excluding hydrogens is 369 g/mol. The minimum Gasteiger partial charge on any atom is -0.339 e. The first kappa shape index (κ1) is 17.7. The molecule has 1 aromatic heterocycles. The molecule has 7 heteroatoms. The van der Waals surface area contributed by atoms with Crippen LogP contribution in [0.2, 0.25) is 5.02 Å². The molecule has 0 radical (unpaired) electrons. The molecule has 0 spiro atoms. The highest BCUT2D eigenvalue weighted by Gasteiger charge is 2.34. The minimum atomic E-state index is -0.399. The number of likely N-dealkylation sites (tertiary alicyclic amines) is 1. The number of carbonyl (C=O) groups is 1. The molecule has 0 N–H and O–H groups in total. The van der Waals surface area contributed by atoms with Crippen LogP contribution >= 0.6 is 11.6 Å². The van der Waals surface area contributed by atoms with Crippen molar-refractivity contribution < 1.29 is 13.7 Å². The Kier molecular flexibility index (Phi) is 4.66. The van der Waals surface area contributed by atoms with Crippen molar-refractivity contribution in [1.82, 2.24) is 15.0 Å². The molecule has 27 heavy (non-hydrogen) atoms. The van der Waals surface area contributed by atoms with Crippen LogP contribution < -0.4 is 0 Å². The van der Waals surface area contributed by atoms with Crippen molar-refractivity contribution in [1.29, 1.82) is 0 Å². The molecule has 1 fully saturated rings. The second-order valence-electron chi connectivity index (χ2n) is 6.73. The van der Waals surface area contributed by atoms with E-state index < -0.39 is 5.82 Å². The fourth-order valence-corrected chi connectivity index (χ4v) is 3.39. The Morgan fingerprint density at radius 1 is 1.26 bits per heavy atom. The Bertz CT molecular complexity index is 987. The number of carbonyl (C=O) groups excluding carboxylic acids is 1. The van der Waals surface area contributed by atoms with E-state index in [4.69, 9.17) is 16.1 Å². The SMILES string of the molecule is Cc1ccc(-c2noc(C3CC(=O)N(Cc4ccc(F)cc4Cl)C3)n2)cc1. The van der Waals surface area contributed by atoms with E-state index in [9.17, 15) is 9.18 Å². The van der Waals surface area contributed by atoms with Crippen LogP contribution in [0.15, 0.2) is 47.0 Å². The van der Waals surface area contributed by atoms with Crippen molar-refractivity contribution in [2.45, 2.75) is 25.8 Å². The summed E-state index contributed by atoms with van der Waals surface area (Å²) >= 11 is 6.07. The highest BCUT2D eigenvalue weighted by Crippen LogP contribution is 2.30. The molecular formula is C20H17ClFN3O2. The molecule has 1 aliphatic rings. The zero-order chi connectivity index (χ0) is 19.0. The average Bonchev–Trinajstić information content (AvgIpc) is 3.25. The van der Waals surface area contributed by atoms with E-state index >= 15 is 0 Å². The lowest BCUT2D eigenvalue weighted by Gasteiger charge is -2.17. The summed E-state index contributed by atoms with van der Waals surface area (Å²) in [7, 11) is 0. The first-order valence-corrected chi connectivity index (χ1v) is 9.00. The fraction of sp³-hybridized carbons (Fsp3) is 0.250. The highest BCUT2D eigenvalue weighted by atomic mass is 35.5. The number of benzene rings is 2. The molecule has 3 aromatic rings. The maximum absolute atomic E-state index is 13.2. The Morgan fingerprint density at radius 3 is 2.78 bits per heavy atom. The first-order valence-electron chi connectivity index (χ1n) is 8.62. The van der Waals surface area contributed by atoms with Crippen LogP contribution in [0, 0.1) is 12.7 Å². The number of rotatable bonds is 4. The van der Waals surface area contributed by atoms with Gasteiger partial charge in [-0.1, -0.05) is 52.7 Å². The van der Waals surface area contributed by atoms with Crippen molar-refractivity contribution in [3.05, 3.63) is 70.3 Å². The van der Waals surface area contributed by atoms with Gasteiger partial charge in [-0.3, -0.25) is 4.79 Å². The summed E-state index contributed by atoms with van der Waals surface area (Å²) in [6.45, 7) is 2.80. The van der Waals surface area contributed by atoms with Gasteiger partial charge in [-0.25, -0.2) is 4.39 Å². The second kappa shape index (κ2) is 7.12. The van der Waals surface area contributed by atoms with Gasteiger partial charge in [-0.2, -0.15) is 4.98 Å². The van der Waals surface area contributed by atoms with E-state index in [-0.39, 0.29) is 11.8 Å². The summed E-state index contributed by atoms with van der Waals surface area (Å²) < 4.78 is 18.6. The van der Waals surface area contributed by atoms with Crippen molar-refractivity contribution in [2.75, 3.05) is 6.54 Å². The van der Waals surface area contributed by atoms with Crippen LogP contribution in [0.25, 0.3) is 11.4 Å². The van der Waals surface area contributed by atoms with Crippen LogP contribution in [0.1, 0.15) is 29.4 Å². The van der Waals surface area contributed by atoms with E-state index in [2.05, 4.69) is 10.1 Å². The first-order chi connectivity index (χ1) is 13.0. The van der Waals surface area contributed by atoms with Gasteiger partial charge in [0.2, 0.25) is 17.6 Å². The highest BCUT2D eigenvalue weighted by molar-refractivity contribution is 6.31. The summed E-state index contributed by atoms with van der Waals surface area (Å²) in [4.78, 5) is 18.5. The third kappa shape index (κ3) is 3.71. The third-order valence-electron chi connectivity index (χ3n) is 4.69. The number of halogens is 2. The Hall–Kier alpha value is -2.73. The number of nitrogens with zero attached hydrogens (tertiary/aromatic N) is 3. The van der Waals surface area contributed by atoms with Gasteiger partial charge in [0.25, 0.3) is 0 Å². The summed E-state index contributed by atoms with van der Waals surface area (Å²) in [5, 5.41) is 4.35. The molecule has 1 unspecified atom stereocenters. The average molecular weight is 386 g/mol. The zero-order valence-corrected chi connectivity index (χ0v) is 15.4. The molecule has 4 rings (SSSR count). The number of hydrogen-bond donors (Lipinski definition) is 0. The standard InChI is InChI=1S/C20H17ClFN3O2/c1-12-2-4-13(5-3-12)19-23-20(27-24-19)15-8-18(26)25(11-15)10-14-6-7-16(22)9-17(14)21/h2-7,9,15H,8,10-11H2,1H3. The Labute approximate surface area is 160 Å². The Morgan fingerprint density at radius 2 is 2.04 bits per heavy atom. The minimum absolute atomic E-state index is 0.0181. The maximum Gasteiger partial charge on any atom is 0.232 e. The van der Waals surface area contributed by atoms with Crippen LogP contribution in [0.5, 0.6) is 0 Å². The number of aromatic nitrogens is 2. The van der Waals surface area contributed by atoms with Gasteiger partial charge < -0.3 is 9.42 Å². The molecule has 1 amide bonds. The molecule has 2 aromatic carbocycles. The number of amides is 1. The molecule has 0 aliphatic carbocycles. The molecule has 5 nitrogen and oxygen atoms in total. The summed E-state index contributed by atoms with van der Waals surface area (Å²) in [6.07, 6.45) is 0.300. The monoisotopic (exact) mass is 385 g/mol. The lowest BCUT2D eigenvalue weighted by Crippen LogP contribution is -2.24. The van der Waals surface area contributed by atoms with Crippen LogP contribution in [0.4, 0.5) is 4.39 Å². The molecule has 2 heterocycles. The second-order valence-corrected chi connectivity index (χ2v) is 7.14. The van der Waals surface area contributed by atoms with Gasteiger partial charge in [-0.05, 0) is 24.6 Å². The van der Waals surface area contributed by atoms with Gasteiger partial charge in [-0.15, -0.1) is 0 Å². The zero-order valence-electron chi connectivity index (χ0n) is 14.7. The van der Waals surface area contributed by atoms with Crippen LogP contribution in [-0.2, 0) is 11.3 Å². The predicted octanol–water partition coefficient (Wildman–Crippen LogP) is 4.35. The van der Waals surface area contributed by atoms with E-state index in [0.29, 0.717) is 41.8 Å². The summed E-state index contributed by atoms with van der Waals surface area (Å²) in [5.74, 6) is 0.381. The molecule has 0 saturated carbocycles. The van der Waals surface area contributed by atoms with Crippen LogP contribution in [0.3, 0.4) is 0 Å². The third-order valence-corrected chi connectivity index (χ3v) is 5.04. The van der Waals surface area contributed by atoms with E-state index in [0.717, 1.165) is 11.1 Å². The normalized spacial score (nSPS) is 16.9. The van der Waals surface area contributed by atoms with E-state index in [1.165, 1.54) is 12.1 Å². The quantitative estimate of drug-likeness (QED) is 0.669. The van der Waals surface area contributed by atoms with Crippen molar-refractivity contribution in [2.24, 2.45) is 0 Å². The van der Waals surface area contributed by atoms with Crippen molar-refractivity contribution in [3.63, 3.8) is 0 Å². The van der Waals surface area contributed by atoms with Gasteiger partial charge in [0.15, 0.2) is 0 Å². The van der Waals surface area contributed by atoms with Gasteiger partial charge in [0, 0.05) is 30.1 Å². The number of aryl methyl sites for hydroxylation is 1.